The van der Waals surface area contributed by atoms with Crippen LogP contribution < -0.4 is 0 Å². The number of carbonyl (C=O) groups excluding carboxylic acids is 1. The molecule has 0 aromatic rings. The van der Waals surface area contributed by atoms with E-state index in [0.717, 1.165) is 0 Å². The van der Waals surface area contributed by atoms with Gasteiger partial charge < -0.3 is 9.47 Å². The first-order valence-corrected chi connectivity index (χ1v) is 5.20. The third-order valence-electron chi connectivity index (χ3n) is 1.21. The number of hydrogen-bond donors (Lipinski definition) is 0. The van der Waals surface area contributed by atoms with Crippen molar-refractivity contribution in [3.63, 3.8) is 0 Å². The molecule has 0 bridgehead atoms. The smallest absolute Gasteiger partial charge is 0.194 e. The second-order valence-corrected chi connectivity index (χ2v) is 3.49. The van der Waals surface area contributed by atoms with Crippen LogP contribution in [0.4, 0.5) is 0 Å². The molecule has 0 amide bonds. The Bertz CT molecular complexity index is 198. The van der Waals surface area contributed by atoms with Gasteiger partial charge in [-0.05, 0) is 28.1 Å². The second kappa shape index (κ2) is 10.7. The lowest BCUT2D eigenvalue weighted by Gasteiger charge is -2.02. The summed E-state index contributed by atoms with van der Waals surface area (Å²) in [6.07, 6.45) is 0.430. The molecule has 14 heavy (non-hydrogen) atoms. The molecule has 0 N–H and O–H groups in total. The Balaban J connectivity index is 2.99. The van der Waals surface area contributed by atoms with Crippen molar-refractivity contribution in [2.75, 3.05) is 33.0 Å². The summed E-state index contributed by atoms with van der Waals surface area (Å²) in [6.45, 7) is 2.08. The Kier molecular flexibility index (Phi) is 10.4. The Labute approximate surface area is 95.7 Å². The predicted octanol–water partition coefficient (Wildman–Crippen LogP) is 1.68. The fourth-order valence-electron chi connectivity index (χ4n) is 0.624. The van der Waals surface area contributed by atoms with Crippen molar-refractivity contribution in [3.8, 4) is 0 Å². The highest BCUT2D eigenvalue weighted by atomic mass is 127. The van der Waals surface area contributed by atoms with Crippen LogP contribution in [-0.4, -0.2) is 36.8 Å². The van der Waals surface area contributed by atoms with E-state index in [1.165, 1.54) is 0 Å². The summed E-state index contributed by atoms with van der Waals surface area (Å²) in [5, 5.41) is 3.30. The van der Waals surface area contributed by atoms with E-state index >= 15 is 0 Å². The van der Waals surface area contributed by atoms with Crippen molar-refractivity contribution in [3.05, 3.63) is 10.4 Å². The molecule has 0 atom stereocenters. The fourth-order valence-corrected chi connectivity index (χ4v) is 0.845. The number of hydrogen-bond acceptors (Lipinski definition) is 4. The molecule has 0 heterocycles. The molecule has 6 nitrogen and oxygen atoms in total. The first kappa shape index (κ1) is 13.6. The summed E-state index contributed by atoms with van der Waals surface area (Å²) in [5.41, 5.74) is 7.94. The van der Waals surface area contributed by atoms with E-state index < -0.39 is 0 Å². The van der Waals surface area contributed by atoms with E-state index in [1.54, 1.807) is 22.6 Å². The number of nitrogens with zero attached hydrogens (tertiary/aromatic N) is 3. The minimum atomic E-state index is 0.0897. The summed E-state index contributed by atoms with van der Waals surface area (Å²) >= 11 is 1.73. The van der Waals surface area contributed by atoms with E-state index in [-0.39, 0.29) is 3.79 Å². The van der Waals surface area contributed by atoms with Gasteiger partial charge in [0.15, 0.2) is 3.79 Å². The van der Waals surface area contributed by atoms with E-state index in [0.29, 0.717) is 39.4 Å². The summed E-state index contributed by atoms with van der Waals surface area (Å²) in [6, 6.07) is 0. The molecule has 0 aliphatic rings. The normalized spacial score (nSPS) is 9.50. The van der Waals surface area contributed by atoms with Crippen LogP contribution in [0.15, 0.2) is 5.11 Å². The van der Waals surface area contributed by atoms with Gasteiger partial charge in [-0.25, -0.2) is 0 Å². The van der Waals surface area contributed by atoms with Gasteiger partial charge in [0.25, 0.3) is 0 Å². The standard InChI is InChI=1S/C7H12IN3O3/c8-7(12)1-3-13-5-6-14-4-2-10-11-9/h1-6H2. The molecular formula is C7H12IN3O3. The van der Waals surface area contributed by atoms with Crippen molar-refractivity contribution >= 4 is 26.4 Å². The number of azide groups is 1. The Hall–Kier alpha value is -0.370. The van der Waals surface area contributed by atoms with Gasteiger partial charge in [-0.3, -0.25) is 4.79 Å². The average Bonchev–Trinajstić information content (AvgIpc) is 2.15. The lowest BCUT2D eigenvalue weighted by Crippen LogP contribution is -2.08. The maximum atomic E-state index is 10.5. The first-order valence-electron chi connectivity index (χ1n) is 4.12. The van der Waals surface area contributed by atoms with Crippen molar-refractivity contribution in [1.82, 2.24) is 0 Å². The zero-order valence-electron chi connectivity index (χ0n) is 7.69. The largest absolute Gasteiger partial charge is 0.379 e. The molecule has 0 aromatic carbocycles. The third-order valence-corrected chi connectivity index (χ3v) is 1.75. The zero-order valence-corrected chi connectivity index (χ0v) is 9.84. The SMILES string of the molecule is [N-]=[N+]=NCCOCCOCCC(=O)I. The molecule has 0 saturated carbocycles. The van der Waals surface area contributed by atoms with Crippen LogP contribution in [0.1, 0.15) is 6.42 Å². The summed E-state index contributed by atoms with van der Waals surface area (Å²) in [4.78, 5) is 13.1. The van der Waals surface area contributed by atoms with Crippen LogP contribution in [0.5, 0.6) is 0 Å². The molecule has 7 heteroatoms. The maximum Gasteiger partial charge on any atom is 0.194 e. The van der Waals surface area contributed by atoms with Crippen molar-refractivity contribution in [1.29, 1.82) is 0 Å². The van der Waals surface area contributed by atoms with Gasteiger partial charge in [0, 0.05) is 17.9 Å². The van der Waals surface area contributed by atoms with Crippen LogP contribution in [0.2, 0.25) is 0 Å². The monoisotopic (exact) mass is 313 g/mol. The van der Waals surface area contributed by atoms with Gasteiger partial charge in [0.1, 0.15) is 0 Å². The van der Waals surface area contributed by atoms with E-state index in [9.17, 15) is 4.79 Å². The third kappa shape index (κ3) is 11.6. The highest BCUT2D eigenvalue weighted by Crippen LogP contribution is 1.92. The van der Waals surface area contributed by atoms with Crippen LogP contribution >= 0.6 is 22.6 Å². The summed E-state index contributed by atoms with van der Waals surface area (Å²) < 4.78 is 10.3. The molecule has 0 spiro atoms. The second-order valence-electron chi connectivity index (χ2n) is 2.28. The van der Waals surface area contributed by atoms with Crippen LogP contribution in [0, 0.1) is 0 Å². The summed E-state index contributed by atoms with van der Waals surface area (Å²) in [7, 11) is 0. The molecular weight excluding hydrogens is 301 g/mol. The van der Waals surface area contributed by atoms with Gasteiger partial charge in [-0.15, -0.1) is 0 Å². The lowest BCUT2D eigenvalue weighted by molar-refractivity contribution is -0.110. The van der Waals surface area contributed by atoms with E-state index in [1.807, 2.05) is 0 Å². The number of rotatable bonds is 9. The first-order chi connectivity index (χ1) is 6.77. The molecule has 0 aliphatic heterocycles. The number of carbonyl (C=O) groups is 1. The van der Waals surface area contributed by atoms with Gasteiger partial charge in [-0.2, -0.15) is 0 Å². The molecule has 0 rings (SSSR count). The molecule has 0 unspecified atom stereocenters. The topological polar surface area (TPSA) is 84.3 Å². The van der Waals surface area contributed by atoms with Gasteiger partial charge in [0.2, 0.25) is 0 Å². The zero-order chi connectivity index (χ0) is 10.6. The Morgan fingerprint density at radius 3 is 2.50 bits per heavy atom. The predicted molar refractivity (Wildman–Crippen MR) is 59.3 cm³/mol. The minimum Gasteiger partial charge on any atom is -0.379 e. The van der Waals surface area contributed by atoms with E-state index in [2.05, 4.69) is 10.0 Å². The highest BCUT2D eigenvalue weighted by Gasteiger charge is 1.94. The van der Waals surface area contributed by atoms with Crippen LogP contribution in [0.3, 0.4) is 0 Å². The molecule has 0 radical (unpaired) electrons. The van der Waals surface area contributed by atoms with E-state index in [4.69, 9.17) is 15.0 Å². The van der Waals surface area contributed by atoms with Gasteiger partial charge >= 0.3 is 0 Å². The van der Waals surface area contributed by atoms with Crippen molar-refractivity contribution in [2.24, 2.45) is 5.11 Å². The molecule has 0 aromatic heterocycles. The van der Waals surface area contributed by atoms with Crippen LogP contribution in [0.25, 0.3) is 10.4 Å². The maximum absolute atomic E-state index is 10.5. The quantitative estimate of drug-likeness (QED) is 0.162. The molecule has 0 fully saturated rings. The molecule has 80 valence electrons. The summed E-state index contributed by atoms with van der Waals surface area (Å²) in [5.74, 6) is 0. The fraction of sp³-hybridized carbons (Fsp3) is 0.857. The van der Waals surface area contributed by atoms with Crippen molar-refractivity contribution in [2.45, 2.75) is 6.42 Å². The number of halogens is 1. The minimum absolute atomic E-state index is 0.0897. The van der Waals surface area contributed by atoms with Gasteiger partial charge in [-0.1, -0.05) is 5.11 Å². The highest BCUT2D eigenvalue weighted by molar-refractivity contribution is 14.1. The van der Waals surface area contributed by atoms with Crippen LogP contribution in [-0.2, 0) is 14.3 Å². The molecule has 0 aliphatic carbocycles. The van der Waals surface area contributed by atoms with Gasteiger partial charge in [0.05, 0.1) is 26.4 Å². The van der Waals surface area contributed by atoms with Crippen molar-refractivity contribution < 1.29 is 14.3 Å². The number of ether oxygens (including phenoxy) is 2. The lowest BCUT2D eigenvalue weighted by atomic mass is 10.5. The Morgan fingerprint density at radius 1 is 1.29 bits per heavy atom. The average molecular weight is 313 g/mol. The Morgan fingerprint density at radius 2 is 1.93 bits per heavy atom. The molecule has 0 saturated heterocycles.